The fraction of sp³-hybridized carbons (Fsp3) is 0.500. The smallest absolute Gasteiger partial charge is 0.331 e. The van der Waals surface area contributed by atoms with Crippen molar-refractivity contribution < 1.29 is 29.6 Å². The van der Waals surface area contributed by atoms with E-state index in [9.17, 15) is 14.7 Å². The van der Waals surface area contributed by atoms with E-state index in [1.165, 1.54) is 24.8 Å². The number of carboxylic acid groups (broad SMARTS) is 2. The van der Waals surface area contributed by atoms with Gasteiger partial charge < -0.3 is 20.1 Å². The summed E-state index contributed by atoms with van der Waals surface area (Å²) < 4.78 is 5.90. The van der Waals surface area contributed by atoms with Gasteiger partial charge in [-0.3, -0.25) is 10.00 Å². The number of aryl methyl sites for hydroxylation is 1. The number of rotatable bonds is 13. The van der Waals surface area contributed by atoms with E-state index in [-0.39, 0.29) is 5.82 Å². The number of piperidine rings is 1. The molecular formula is C24H32N4O6. The van der Waals surface area contributed by atoms with E-state index < -0.39 is 30.0 Å². The van der Waals surface area contributed by atoms with Crippen LogP contribution in [-0.4, -0.2) is 67.0 Å². The van der Waals surface area contributed by atoms with E-state index in [0.717, 1.165) is 38.2 Å². The summed E-state index contributed by atoms with van der Waals surface area (Å²) in [6.07, 6.45) is 4.90. The first-order valence-electron chi connectivity index (χ1n) is 11.6. The van der Waals surface area contributed by atoms with Crippen LogP contribution in [0.25, 0.3) is 0 Å². The molecule has 1 fully saturated rings. The second-order valence-corrected chi connectivity index (χ2v) is 8.46. The number of nitrogens with zero attached hydrogens (tertiary/aromatic N) is 3. The van der Waals surface area contributed by atoms with Gasteiger partial charge in [-0.1, -0.05) is 18.6 Å². The molecular weight excluding hydrogens is 440 g/mol. The number of aromatic nitrogens is 3. The minimum Gasteiger partial charge on any atom is -0.494 e. The quantitative estimate of drug-likeness (QED) is 0.255. The molecule has 1 aliphatic heterocycles. The summed E-state index contributed by atoms with van der Waals surface area (Å²) in [6, 6.07) is 8.22. The summed E-state index contributed by atoms with van der Waals surface area (Å²) in [5, 5.41) is 34.6. The van der Waals surface area contributed by atoms with Gasteiger partial charge in [0, 0.05) is 31.0 Å². The van der Waals surface area contributed by atoms with Crippen molar-refractivity contribution in [3.8, 4) is 5.75 Å². The molecule has 10 nitrogen and oxygen atoms in total. The van der Waals surface area contributed by atoms with Crippen molar-refractivity contribution in [1.29, 1.82) is 0 Å². The lowest BCUT2D eigenvalue weighted by atomic mass is 10.1. The maximum absolute atomic E-state index is 11.1. The van der Waals surface area contributed by atoms with Crippen molar-refractivity contribution in [3.05, 3.63) is 53.1 Å². The lowest BCUT2D eigenvalue weighted by Crippen LogP contribution is -2.29. The van der Waals surface area contributed by atoms with E-state index in [1.807, 2.05) is 12.1 Å². The van der Waals surface area contributed by atoms with Crippen LogP contribution in [0.3, 0.4) is 0 Å². The number of likely N-dealkylation sites (tertiary alicyclic amines) is 1. The number of H-pyrrole nitrogens is 1. The van der Waals surface area contributed by atoms with Crippen LogP contribution in [0, 0.1) is 0 Å². The highest BCUT2D eigenvalue weighted by molar-refractivity contribution is 5.94. The Bertz CT molecular complexity index is 983. The Hall–Kier alpha value is -3.24. The first-order chi connectivity index (χ1) is 16.4. The summed E-state index contributed by atoms with van der Waals surface area (Å²) >= 11 is 0. The van der Waals surface area contributed by atoms with Crippen LogP contribution < -0.4 is 4.74 Å². The molecule has 1 atom stereocenters. The summed E-state index contributed by atoms with van der Waals surface area (Å²) in [5.41, 5.74) is 0.833. The number of carbonyl (C=O) groups is 2. The molecule has 0 bridgehead atoms. The van der Waals surface area contributed by atoms with Gasteiger partial charge in [-0.05, 0) is 56.5 Å². The van der Waals surface area contributed by atoms with E-state index in [1.54, 1.807) is 0 Å². The van der Waals surface area contributed by atoms with E-state index in [4.69, 9.17) is 14.9 Å². The molecule has 1 aromatic heterocycles. The van der Waals surface area contributed by atoms with E-state index in [2.05, 4.69) is 32.2 Å². The number of ether oxygens (including phenoxy) is 1. The molecule has 0 spiro atoms. The number of hydrogen-bond acceptors (Lipinski definition) is 7. The number of aliphatic hydroxyl groups excluding tert-OH is 1. The zero-order valence-corrected chi connectivity index (χ0v) is 19.2. The van der Waals surface area contributed by atoms with Gasteiger partial charge in [-0.2, -0.15) is 5.10 Å². The number of aromatic amines is 1. The predicted molar refractivity (Wildman–Crippen MR) is 123 cm³/mol. The molecule has 0 aliphatic carbocycles. The predicted octanol–water partition coefficient (Wildman–Crippen LogP) is 2.71. The maximum atomic E-state index is 11.1. The first-order valence-corrected chi connectivity index (χ1v) is 11.6. The van der Waals surface area contributed by atoms with Gasteiger partial charge in [0.25, 0.3) is 0 Å². The van der Waals surface area contributed by atoms with Gasteiger partial charge >= 0.3 is 11.9 Å². The maximum Gasteiger partial charge on any atom is 0.331 e. The van der Waals surface area contributed by atoms with E-state index >= 15 is 0 Å². The second kappa shape index (κ2) is 12.9. The lowest BCUT2D eigenvalue weighted by molar-refractivity contribution is -0.135. The monoisotopic (exact) mass is 472 g/mol. The topological polar surface area (TPSA) is 149 Å². The summed E-state index contributed by atoms with van der Waals surface area (Å²) in [4.78, 5) is 28.5. The Kier molecular flexibility index (Phi) is 9.60. The lowest BCUT2D eigenvalue weighted by Gasteiger charge is -2.26. The number of benzene rings is 1. The summed E-state index contributed by atoms with van der Waals surface area (Å²) in [7, 11) is 0. The Morgan fingerprint density at radius 3 is 2.71 bits per heavy atom. The Labute approximate surface area is 198 Å². The zero-order chi connectivity index (χ0) is 24.3. The van der Waals surface area contributed by atoms with Crippen molar-refractivity contribution in [2.24, 2.45) is 0 Å². The Morgan fingerprint density at radius 1 is 1.18 bits per heavy atom. The zero-order valence-electron chi connectivity index (χ0n) is 19.2. The Balaban J connectivity index is 1.39. The molecule has 4 N–H and O–H groups in total. The fourth-order valence-corrected chi connectivity index (χ4v) is 3.92. The third kappa shape index (κ3) is 8.27. The standard InChI is InChI=1S/C24H32N4O6/c29-20(14-18(24(32)33)15-22(30)31)23-25-21(26-27-23)9-2-5-12-34-19-8-6-7-17(13-19)16-28-10-3-1-4-11-28/h6-8,13,15,20,29H,1-5,9-12,14,16H2,(H,30,31)(H,32,33)(H,25,26,27)/b18-15-. The molecule has 1 unspecified atom stereocenters. The number of hydrogen-bond donors (Lipinski definition) is 4. The van der Waals surface area contributed by atoms with Crippen molar-refractivity contribution >= 4 is 11.9 Å². The average Bonchev–Trinajstić information content (AvgIpc) is 3.28. The Morgan fingerprint density at radius 2 is 1.97 bits per heavy atom. The van der Waals surface area contributed by atoms with Gasteiger partial charge in [0.1, 0.15) is 17.7 Å². The average molecular weight is 473 g/mol. The molecule has 34 heavy (non-hydrogen) atoms. The van der Waals surface area contributed by atoms with Crippen LogP contribution in [-0.2, 0) is 22.6 Å². The molecule has 1 saturated heterocycles. The SMILES string of the molecule is O=C(O)/C=C(/CC(O)c1n[nH]c(CCCCOc2cccc(CN3CCCCC3)c2)n1)C(=O)O. The van der Waals surface area contributed by atoms with Gasteiger partial charge in [-0.15, -0.1) is 0 Å². The molecule has 0 radical (unpaired) electrons. The highest BCUT2D eigenvalue weighted by atomic mass is 16.5. The molecule has 10 heteroatoms. The molecule has 0 amide bonds. The van der Waals surface area contributed by atoms with Crippen LogP contribution in [0.4, 0.5) is 0 Å². The number of unbranched alkanes of at least 4 members (excludes halogenated alkanes) is 1. The fourth-order valence-electron chi connectivity index (χ4n) is 3.92. The van der Waals surface area contributed by atoms with Gasteiger partial charge in [-0.25, -0.2) is 14.6 Å². The number of aliphatic hydroxyl groups is 1. The first kappa shape index (κ1) is 25.4. The molecule has 1 aliphatic rings. The van der Waals surface area contributed by atoms with Gasteiger partial charge in [0.05, 0.1) is 6.61 Å². The summed E-state index contributed by atoms with van der Waals surface area (Å²) in [5.74, 6) is -1.33. The largest absolute Gasteiger partial charge is 0.494 e. The molecule has 0 saturated carbocycles. The minimum absolute atomic E-state index is 0.0364. The van der Waals surface area contributed by atoms with Crippen molar-refractivity contribution in [3.63, 3.8) is 0 Å². The third-order valence-electron chi connectivity index (χ3n) is 5.66. The number of nitrogens with one attached hydrogen (secondary N) is 1. The van der Waals surface area contributed by atoms with Gasteiger partial charge in [0.2, 0.25) is 0 Å². The third-order valence-corrected chi connectivity index (χ3v) is 5.66. The van der Waals surface area contributed by atoms with Crippen LogP contribution in [0.1, 0.15) is 61.8 Å². The van der Waals surface area contributed by atoms with Crippen LogP contribution in [0.2, 0.25) is 0 Å². The molecule has 2 heterocycles. The van der Waals surface area contributed by atoms with Crippen LogP contribution >= 0.6 is 0 Å². The summed E-state index contributed by atoms with van der Waals surface area (Å²) in [6.45, 7) is 3.84. The minimum atomic E-state index is -1.41. The highest BCUT2D eigenvalue weighted by Crippen LogP contribution is 2.20. The van der Waals surface area contributed by atoms with Crippen LogP contribution in [0.5, 0.6) is 5.75 Å². The highest BCUT2D eigenvalue weighted by Gasteiger charge is 2.20. The van der Waals surface area contributed by atoms with Gasteiger partial charge in [0.15, 0.2) is 5.82 Å². The normalized spacial score (nSPS) is 15.7. The molecule has 184 valence electrons. The van der Waals surface area contributed by atoms with Crippen molar-refractivity contribution in [2.75, 3.05) is 19.7 Å². The molecule has 1 aromatic carbocycles. The van der Waals surface area contributed by atoms with Crippen molar-refractivity contribution in [1.82, 2.24) is 20.1 Å². The number of carboxylic acids is 2. The molecule has 2 aromatic rings. The van der Waals surface area contributed by atoms with Crippen LogP contribution in [0.15, 0.2) is 35.9 Å². The second-order valence-electron chi connectivity index (χ2n) is 8.46. The van der Waals surface area contributed by atoms with Crippen molar-refractivity contribution in [2.45, 2.75) is 57.6 Å². The number of aliphatic carboxylic acids is 2. The van der Waals surface area contributed by atoms with E-state index in [0.29, 0.717) is 24.9 Å². The molecule has 3 rings (SSSR count).